The van der Waals surface area contributed by atoms with Gasteiger partial charge in [-0.15, -0.1) is 11.8 Å². The van der Waals surface area contributed by atoms with Crippen molar-refractivity contribution >= 4 is 50.9 Å². The zero-order chi connectivity index (χ0) is 13.3. The van der Waals surface area contributed by atoms with Gasteiger partial charge in [0.15, 0.2) is 0 Å². The Bertz CT molecular complexity index is 394. The molecule has 1 aromatic carbocycles. The maximum absolute atomic E-state index is 5.62. The van der Waals surface area contributed by atoms with Crippen molar-refractivity contribution in [3.05, 3.63) is 23.8 Å². The van der Waals surface area contributed by atoms with Crippen molar-refractivity contribution in [3.63, 3.8) is 0 Å². The Morgan fingerprint density at radius 1 is 1.41 bits per heavy atom. The molecule has 94 valence electrons. The SMILES string of the molecule is CC#CCC(I)I.COc1ccc(C)c(N)c1. The molecule has 2 N–H and O–H groups in total. The molecule has 0 fully saturated rings. The second-order valence-corrected chi connectivity index (χ2v) is 8.64. The van der Waals surface area contributed by atoms with E-state index in [0.717, 1.165) is 23.4 Å². The van der Waals surface area contributed by atoms with Crippen molar-refractivity contribution in [2.75, 3.05) is 12.8 Å². The standard InChI is InChI=1S/C8H11NO.C5H6I2/c1-6-3-4-7(10-2)5-8(6)9;1-2-3-4-5(6)7/h3-5H,9H2,1-2H3;5H,4H2,1H3. The van der Waals surface area contributed by atoms with Crippen LogP contribution in [0, 0.1) is 18.8 Å². The lowest BCUT2D eigenvalue weighted by Gasteiger charge is -2.02. The maximum atomic E-state index is 5.62. The van der Waals surface area contributed by atoms with E-state index in [2.05, 4.69) is 57.0 Å². The first-order valence-electron chi connectivity index (χ1n) is 5.09. The molecular formula is C13H17I2NO. The number of nitrogen functional groups attached to an aromatic ring is 1. The van der Waals surface area contributed by atoms with E-state index in [4.69, 9.17) is 10.5 Å². The summed E-state index contributed by atoms with van der Waals surface area (Å²) < 4.78 is 5.64. The Kier molecular flexibility index (Phi) is 9.74. The predicted octanol–water partition coefficient (Wildman–Crippen LogP) is 4.18. The van der Waals surface area contributed by atoms with Crippen LogP contribution in [0.5, 0.6) is 5.75 Å². The number of anilines is 1. The Labute approximate surface area is 131 Å². The summed E-state index contributed by atoms with van der Waals surface area (Å²) in [5.74, 6) is 6.63. The Morgan fingerprint density at radius 3 is 2.41 bits per heavy atom. The van der Waals surface area contributed by atoms with Crippen molar-refractivity contribution in [1.82, 2.24) is 0 Å². The highest BCUT2D eigenvalue weighted by Gasteiger charge is 1.93. The number of ether oxygens (including phenoxy) is 1. The van der Waals surface area contributed by atoms with Crippen LogP contribution >= 0.6 is 45.2 Å². The van der Waals surface area contributed by atoms with Gasteiger partial charge in [0.05, 0.1) is 9.04 Å². The van der Waals surface area contributed by atoms with Crippen LogP contribution in [0.3, 0.4) is 0 Å². The summed E-state index contributed by atoms with van der Waals surface area (Å²) in [5.41, 5.74) is 7.48. The maximum Gasteiger partial charge on any atom is 0.120 e. The van der Waals surface area contributed by atoms with Crippen molar-refractivity contribution in [1.29, 1.82) is 0 Å². The number of aryl methyl sites for hydroxylation is 1. The molecule has 1 aromatic rings. The summed E-state index contributed by atoms with van der Waals surface area (Å²) >= 11 is 4.70. The molecule has 0 heterocycles. The zero-order valence-electron chi connectivity index (χ0n) is 10.3. The van der Waals surface area contributed by atoms with Crippen LogP contribution < -0.4 is 10.5 Å². The second-order valence-electron chi connectivity index (χ2n) is 3.24. The fourth-order valence-electron chi connectivity index (χ4n) is 0.925. The van der Waals surface area contributed by atoms with E-state index in [1.54, 1.807) is 7.11 Å². The number of rotatable bonds is 2. The summed E-state index contributed by atoms with van der Waals surface area (Å²) in [5, 5.41) is 0. The van der Waals surface area contributed by atoms with E-state index < -0.39 is 0 Å². The van der Waals surface area contributed by atoms with Gasteiger partial charge in [-0.3, -0.25) is 0 Å². The predicted molar refractivity (Wildman–Crippen MR) is 92.0 cm³/mol. The van der Waals surface area contributed by atoms with Gasteiger partial charge in [-0.05, 0) is 25.5 Å². The fourth-order valence-corrected chi connectivity index (χ4v) is 1.37. The van der Waals surface area contributed by atoms with E-state index in [-0.39, 0.29) is 0 Å². The summed E-state index contributed by atoms with van der Waals surface area (Å²) in [4.78, 5) is 0. The molecule has 2 nitrogen and oxygen atoms in total. The number of methoxy groups -OCH3 is 1. The minimum absolute atomic E-state index is 0.669. The van der Waals surface area contributed by atoms with Crippen molar-refractivity contribution in [2.24, 2.45) is 0 Å². The third-order valence-electron chi connectivity index (χ3n) is 1.92. The molecule has 0 saturated carbocycles. The van der Waals surface area contributed by atoms with E-state index in [1.807, 2.05) is 32.0 Å². The third-order valence-corrected chi connectivity index (χ3v) is 2.80. The quantitative estimate of drug-likeness (QED) is 0.313. The zero-order valence-corrected chi connectivity index (χ0v) is 14.6. The highest BCUT2D eigenvalue weighted by Crippen LogP contribution is 2.17. The molecule has 0 radical (unpaired) electrons. The van der Waals surface area contributed by atoms with Gasteiger partial charge in [0, 0.05) is 18.2 Å². The largest absolute Gasteiger partial charge is 0.497 e. The second kappa shape index (κ2) is 9.83. The molecule has 0 aromatic heterocycles. The van der Waals surface area contributed by atoms with Crippen LogP contribution in [0.25, 0.3) is 0 Å². The topological polar surface area (TPSA) is 35.2 Å². The number of alkyl halides is 2. The normalized spacial score (nSPS) is 8.82. The molecule has 4 heteroatoms. The van der Waals surface area contributed by atoms with Crippen LogP contribution in [-0.4, -0.2) is 9.04 Å². The van der Waals surface area contributed by atoms with Gasteiger partial charge >= 0.3 is 0 Å². The van der Waals surface area contributed by atoms with Crippen molar-refractivity contribution in [2.45, 2.75) is 22.2 Å². The lowest BCUT2D eigenvalue weighted by atomic mass is 10.2. The number of hydrogen-bond acceptors (Lipinski definition) is 2. The Morgan fingerprint density at radius 2 is 2.06 bits per heavy atom. The molecule has 1 rings (SSSR count). The first-order chi connectivity index (χ1) is 8.01. The van der Waals surface area contributed by atoms with E-state index in [9.17, 15) is 0 Å². The molecular weight excluding hydrogens is 440 g/mol. The van der Waals surface area contributed by atoms with Crippen molar-refractivity contribution < 1.29 is 4.74 Å². The fraction of sp³-hybridized carbons (Fsp3) is 0.385. The van der Waals surface area contributed by atoms with Gasteiger partial charge in [0.1, 0.15) is 5.75 Å². The van der Waals surface area contributed by atoms with Gasteiger partial charge in [0.25, 0.3) is 0 Å². The first-order valence-corrected chi connectivity index (χ1v) is 7.58. The van der Waals surface area contributed by atoms with Gasteiger partial charge in [-0.2, -0.15) is 0 Å². The van der Waals surface area contributed by atoms with Crippen LogP contribution in [0.15, 0.2) is 18.2 Å². The van der Waals surface area contributed by atoms with Gasteiger partial charge in [-0.25, -0.2) is 0 Å². The van der Waals surface area contributed by atoms with Crippen molar-refractivity contribution in [3.8, 4) is 17.6 Å². The highest BCUT2D eigenvalue weighted by molar-refractivity contribution is 14.2. The number of halogens is 2. The molecule has 0 aliphatic carbocycles. The van der Waals surface area contributed by atoms with Gasteiger partial charge in [-0.1, -0.05) is 51.2 Å². The van der Waals surface area contributed by atoms with Crippen LogP contribution in [-0.2, 0) is 0 Å². The number of hydrogen-bond donors (Lipinski definition) is 1. The van der Waals surface area contributed by atoms with E-state index in [0.29, 0.717) is 1.93 Å². The summed E-state index contributed by atoms with van der Waals surface area (Å²) in [6, 6.07) is 5.65. The average Bonchev–Trinajstić information content (AvgIpc) is 2.31. The van der Waals surface area contributed by atoms with Crippen LogP contribution in [0.4, 0.5) is 5.69 Å². The summed E-state index contributed by atoms with van der Waals surface area (Å²) in [7, 11) is 1.63. The first kappa shape index (κ1) is 16.8. The van der Waals surface area contributed by atoms with Gasteiger partial charge in [0.2, 0.25) is 0 Å². The van der Waals surface area contributed by atoms with Crippen LogP contribution in [0.2, 0.25) is 0 Å². The lowest BCUT2D eigenvalue weighted by Crippen LogP contribution is -1.90. The van der Waals surface area contributed by atoms with E-state index >= 15 is 0 Å². The lowest BCUT2D eigenvalue weighted by molar-refractivity contribution is 0.415. The molecule has 0 spiro atoms. The smallest absolute Gasteiger partial charge is 0.120 e. The Balaban J connectivity index is 0.000000325. The number of nitrogens with two attached hydrogens (primary N) is 1. The molecule has 0 bridgehead atoms. The molecule has 0 aliphatic rings. The monoisotopic (exact) mass is 457 g/mol. The molecule has 0 saturated heterocycles. The average molecular weight is 457 g/mol. The Hall–Kier alpha value is -0.160. The molecule has 0 aliphatic heterocycles. The molecule has 17 heavy (non-hydrogen) atoms. The van der Waals surface area contributed by atoms with E-state index in [1.165, 1.54) is 0 Å². The molecule has 0 atom stereocenters. The molecule has 0 amide bonds. The highest BCUT2D eigenvalue weighted by atomic mass is 127. The molecule has 0 unspecified atom stereocenters. The van der Waals surface area contributed by atoms with Crippen LogP contribution in [0.1, 0.15) is 18.9 Å². The minimum atomic E-state index is 0.669. The van der Waals surface area contributed by atoms with Gasteiger partial charge < -0.3 is 10.5 Å². The summed E-state index contributed by atoms with van der Waals surface area (Å²) in [6.45, 7) is 3.84. The third kappa shape index (κ3) is 8.55. The number of benzene rings is 1. The summed E-state index contributed by atoms with van der Waals surface area (Å²) in [6.07, 6.45) is 1.01. The minimum Gasteiger partial charge on any atom is -0.497 e.